The number of nitrogens with one attached hydrogen (secondary N) is 2. The summed E-state index contributed by atoms with van der Waals surface area (Å²) in [4.78, 5) is 0.254. The van der Waals surface area contributed by atoms with E-state index in [-0.39, 0.29) is 10.9 Å². The van der Waals surface area contributed by atoms with Gasteiger partial charge in [-0.25, -0.2) is 13.1 Å². The fourth-order valence-electron chi connectivity index (χ4n) is 1.66. The lowest BCUT2D eigenvalue weighted by molar-refractivity contribution is 0.560. The summed E-state index contributed by atoms with van der Waals surface area (Å²) in [6.07, 6.45) is 0.826. The quantitative estimate of drug-likeness (QED) is 0.852. The van der Waals surface area contributed by atoms with Crippen molar-refractivity contribution in [2.24, 2.45) is 0 Å². The van der Waals surface area contributed by atoms with Crippen molar-refractivity contribution in [3.8, 4) is 0 Å². The summed E-state index contributed by atoms with van der Waals surface area (Å²) in [6, 6.07) is 6.15. The minimum absolute atomic E-state index is 0.0133. The maximum atomic E-state index is 11.9. The van der Waals surface area contributed by atoms with Crippen molar-refractivity contribution in [3.63, 3.8) is 0 Å². The highest BCUT2D eigenvalue weighted by Crippen LogP contribution is 2.14. The van der Waals surface area contributed by atoms with Gasteiger partial charge in [0.2, 0.25) is 10.0 Å². The second-order valence-corrected chi connectivity index (χ2v) is 5.92. The summed E-state index contributed by atoms with van der Waals surface area (Å²) in [7, 11) is -3.41. The second kappa shape index (κ2) is 4.71. The minimum atomic E-state index is -3.41. The van der Waals surface area contributed by atoms with E-state index in [2.05, 4.69) is 10.0 Å². The van der Waals surface area contributed by atoms with Crippen LogP contribution in [0.3, 0.4) is 0 Å². The van der Waals surface area contributed by atoms with Gasteiger partial charge < -0.3 is 5.32 Å². The van der Waals surface area contributed by atoms with E-state index < -0.39 is 10.0 Å². The highest BCUT2D eigenvalue weighted by molar-refractivity contribution is 7.89. The number of benzene rings is 1. The molecule has 1 aromatic rings. The van der Waals surface area contributed by atoms with E-state index in [1.165, 1.54) is 12.1 Å². The van der Waals surface area contributed by atoms with Gasteiger partial charge in [0.05, 0.1) is 4.90 Å². The summed E-state index contributed by atoms with van der Waals surface area (Å²) >= 11 is 5.71. The van der Waals surface area contributed by atoms with Crippen molar-refractivity contribution in [3.05, 3.63) is 29.3 Å². The Balaban J connectivity index is 2.14. The molecule has 0 spiro atoms. The van der Waals surface area contributed by atoms with Crippen molar-refractivity contribution in [1.82, 2.24) is 10.0 Å². The molecule has 0 saturated carbocycles. The molecule has 6 heteroatoms. The second-order valence-electron chi connectivity index (χ2n) is 3.76. The Hall–Kier alpha value is -0.620. The van der Waals surface area contributed by atoms with Gasteiger partial charge in [-0.3, -0.25) is 0 Å². The van der Waals surface area contributed by atoms with Crippen molar-refractivity contribution in [2.45, 2.75) is 17.4 Å². The highest BCUT2D eigenvalue weighted by atomic mass is 35.5. The van der Waals surface area contributed by atoms with E-state index >= 15 is 0 Å². The number of rotatable bonds is 3. The third-order valence-electron chi connectivity index (χ3n) is 2.51. The predicted octanol–water partition coefficient (Wildman–Crippen LogP) is 0.980. The van der Waals surface area contributed by atoms with Crippen LogP contribution in [0.15, 0.2) is 29.2 Å². The van der Waals surface area contributed by atoms with Crippen LogP contribution in [0.5, 0.6) is 0 Å². The van der Waals surface area contributed by atoms with Gasteiger partial charge in [0.1, 0.15) is 0 Å². The SMILES string of the molecule is O=S(=O)(N[C@H]1CCNC1)c1ccc(Cl)cc1. The molecule has 1 heterocycles. The first-order chi connectivity index (χ1) is 7.58. The molecule has 0 aromatic heterocycles. The molecule has 0 radical (unpaired) electrons. The smallest absolute Gasteiger partial charge is 0.240 e. The highest BCUT2D eigenvalue weighted by Gasteiger charge is 2.22. The molecule has 1 aromatic carbocycles. The van der Waals surface area contributed by atoms with Crippen LogP contribution in [-0.2, 0) is 10.0 Å². The van der Waals surface area contributed by atoms with Crippen molar-refractivity contribution in [1.29, 1.82) is 0 Å². The molecular formula is C10H13ClN2O2S. The van der Waals surface area contributed by atoms with Crippen LogP contribution in [-0.4, -0.2) is 27.5 Å². The van der Waals surface area contributed by atoms with E-state index in [1.54, 1.807) is 12.1 Å². The Kier molecular flexibility index (Phi) is 3.49. The molecule has 2 rings (SSSR count). The van der Waals surface area contributed by atoms with Gasteiger partial charge in [-0.05, 0) is 37.2 Å². The fraction of sp³-hybridized carbons (Fsp3) is 0.400. The molecule has 1 atom stereocenters. The predicted molar refractivity (Wildman–Crippen MR) is 63.0 cm³/mol. The monoisotopic (exact) mass is 260 g/mol. The molecule has 1 aliphatic heterocycles. The fourth-order valence-corrected chi connectivity index (χ4v) is 3.05. The molecule has 1 aliphatic rings. The zero-order chi connectivity index (χ0) is 11.6. The van der Waals surface area contributed by atoms with E-state index in [1.807, 2.05) is 0 Å². The third-order valence-corrected chi connectivity index (χ3v) is 4.29. The molecule has 0 aliphatic carbocycles. The van der Waals surface area contributed by atoms with Crippen molar-refractivity contribution >= 4 is 21.6 Å². The third kappa shape index (κ3) is 2.74. The topological polar surface area (TPSA) is 58.2 Å². The largest absolute Gasteiger partial charge is 0.315 e. The van der Waals surface area contributed by atoms with Gasteiger partial charge in [-0.2, -0.15) is 0 Å². The Morgan fingerprint density at radius 3 is 2.56 bits per heavy atom. The summed E-state index contributed by atoms with van der Waals surface area (Å²) < 4.78 is 26.5. The zero-order valence-electron chi connectivity index (χ0n) is 8.61. The lowest BCUT2D eigenvalue weighted by Gasteiger charge is -2.11. The average molecular weight is 261 g/mol. The average Bonchev–Trinajstić information content (AvgIpc) is 2.70. The van der Waals surface area contributed by atoms with Crippen LogP contribution in [0, 0.1) is 0 Å². The first kappa shape index (κ1) is 11.9. The lowest BCUT2D eigenvalue weighted by atomic mass is 10.3. The van der Waals surface area contributed by atoms with Gasteiger partial charge >= 0.3 is 0 Å². The standard InChI is InChI=1S/C10H13ClN2O2S/c11-8-1-3-10(4-2-8)16(14,15)13-9-5-6-12-7-9/h1-4,9,12-13H,5-7H2/t9-/m0/s1. The molecule has 2 N–H and O–H groups in total. The van der Waals surface area contributed by atoms with Crippen LogP contribution in [0.4, 0.5) is 0 Å². The molecule has 1 saturated heterocycles. The Morgan fingerprint density at radius 2 is 2.00 bits per heavy atom. The normalized spacial score (nSPS) is 21.2. The first-order valence-electron chi connectivity index (χ1n) is 5.06. The van der Waals surface area contributed by atoms with Gasteiger partial charge in [0.25, 0.3) is 0 Å². The molecular weight excluding hydrogens is 248 g/mol. The van der Waals surface area contributed by atoms with Crippen LogP contribution in [0.2, 0.25) is 5.02 Å². The van der Waals surface area contributed by atoms with E-state index in [0.29, 0.717) is 11.6 Å². The Morgan fingerprint density at radius 1 is 1.31 bits per heavy atom. The summed E-state index contributed by atoms with van der Waals surface area (Å²) in [6.45, 7) is 1.54. The van der Waals surface area contributed by atoms with Gasteiger partial charge in [-0.1, -0.05) is 11.6 Å². The van der Waals surface area contributed by atoms with Gasteiger partial charge in [-0.15, -0.1) is 0 Å². The summed E-state index contributed by atoms with van der Waals surface area (Å²) in [5.74, 6) is 0. The molecule has 4 nitrogen and oxygen atoms in total. The lowest BCUT2D eigenvalue weighted by Crippen LogP contribution is -2.36. The molecule has 0 amide bonds. The van der Waals surface area contributed by atoms with E-state index in [0.717, 1.165) is 13.0 Å². The number of halogens is 1. The van der Waals surface area contributed by atoms with Crippen molar-refractivity contribution < 1.29 is 8.42 Å². The van der Waals surface area contributed by atoms with Crippen LogP contribution >= 0.6 is 11.6 Å². The molecule has 88 valence electrons. The molecule has 1 fully saturated rings. The van der Waals surface area contributed by atoms with Crippen LogP contribution < -0.4 is 10.0 Å². The van der Waals surface area contributed by atoms with Crippen LogP contribution in [0.1, 0.15) is 6.42 Å². The number of hydrogen-bond acceptors (Lipinski definition) is 3. The zero-order valence-corrected chi connectivity index (χ0v) is 10.2. The number of hydrogen-bond donors (Lipinski definition) is 2. The van der Waals surface area contributed by atoms with E-state index in [9.17, 15) is 8.42 Å². The molecule has 0 bridgehead atoms. The maximum Gasteiger partial charge on any atom is 0.240 e. The van der Waals surface area contributed by atoms with Crippen molar-refractivity contribution in [2.75, 3.05) is 13.1 Å². The number of sulfonamides is 1. The minimum Gasteiger partial charge on any atom is -0.315 e. The van der Waals surface area contributed by atoms with Crippen LogP contribution in [0.25, 0.3) is 0 Å². The van der Waals surface area contributed by atoms with E-state index in [4.69, 9.17) is 11.6 Å². The first-order valence-corrected chi connectivity index (χ1v) is 6.93. The Labute approximate surface area is 100 Å². The maximum absolute atomic E-state index is 11.9. The Bertz CT molecular complexity index is 452. The van der Waals surface area contributed by atoms with Gasteiger partial charge in [0, 0.05) is 17.6 Å². The van der Waals surface area contributed by atoms with Gasteiger partial charge in [0.15, 0.2) is 0 Å². The molecule has 0 unspecified atom stereocenters. The molecule has 16 heavy (non-hydrogen) atoms. The summed E-state index contributed by atoms with van der Waals surface area (Å²) in [5.41, 5.74) is 0. The summed E-state index contributed by atoms with van der Waals surface area (Å²) in [5, 5.41) is 3.64.